The van der Waals surface area contributed by atoms with Gasteiger partial charge in [0.1, 0.15) is 6.17 Å². The number of benzene rings is 1. The molecule has 4 rings (SSSR count). The van der Waals surface area contributed by atoms with E-state index in [-0.39, 0.29) is 24.0 Å². The molecule has 1 N–H and O–H groups in total. The highest BCUT2D eigenvalue weighted by molar-refractivity contribution is 6.04. The minimum absolute atomic E-state index is 0.00981. The Morgan fingerprint density at radius 1 is 1.08 bits per heavy atom. The molecule has 2 amide bonds. The summed E-state index contributed by atoms with van der Waals surface area (Å²) in [6.07, 6.45) is 9.28. The fraction of sp³-hybridized carbons (Fsp3) is 0.600. The molecule has 134 valence electrons. The Hall–Kier alpha value is -2.04. The van der Waals surface area contributed by atoms with Gasteiger partial charge in [0, 0.05) is 25.2 Å². The van der Waals surface area contributed by atoms with E-state index in [1.165, 1.54) is 25.7 Å². The molecule has 1 aromatic rings. The number of rotatable bonds is 2. The lowest BCUT2D eigenvalue weighted by Gasteiger charge is -2.40. The molecule has 2 aliphatic heterocycles. The smallest absolute Gasteiger partial charge is 0.257 e. The molecule has 1 saturated carbocycles. The average Bonchev–Trinajstić information content (AvgIpc) is 2.98. The fourth-order valence-electron chi connectivity index (χ4n) is 4.54. The second-order valence-corrected chi connectivity index (χ2v) is 7.63. The summed E-state index contributed by atoms with van der Waals surface area (Å²) in [5, 5.41) is 3.20. The Bertz CT molecular complexity index is 680. The summed E-state index contributed by atoms with van der Waals surface area (Å²) >= 11 is 0. The fourth-order valence-corrected chi connectivity index (χ4v) is 4.54. The lowest BCUT2D eigenvalue weighted by molar-refractivity contribution is 0.0719. The van der Waals surface area contributed by atoms with Crippen LogP contribution in [0.1, 0.15) is 72.1 Å². The normalized spacial score (nSPS) is 23.9. The summed E-state index contributed by atoms with van der Waals surface area (Å²) in [4.78, 5) is 29.5. The van der Waals surface area contributed by atoms with Crippen LogP contribution in [-0.4, -0.2) is 42.5 Å². The van der Waals surface area contributed by atoms with E-state index in [4.69, 9.17) is 0 Å². The molecular weight excluding hydrogens is 314 g/mol. The van der Waals surface area contributed by atoms with Crippen molar-refractivity contribution in [3.63, 3.8) is 0 Å². The minimum Gasteiger partial charge on any atom is -0.354 e. The molecule has 1 aromatic carbocycles. The average molecular weight is 341 g/mol. The highest BCUT2D eigenvalue weighted by Crippen LogP contribution is 2.35. The summed E-state index contributed by atoms with van der Waals surface area (Å²) in [5.41, 5.74) is 2.27. The van der Waals surface area contributed by atoms with E-state index in [9.17, 15) is 9.59 Å². The van der Waals surface area contributed by atoms with Crippen molar-refractivity contribution in [3.8, 4) is 0 Å². The van der Waals surface area contributed by atoms with Crippen LogP contribution in [0.3, 0.4) is 0 Å². The Balaban J connectivity index is 1.55. The Morgan fingerprint density at radius 2 is 1.84 bits per heavy atom. The van der Waals surface area contributed by atoms with Crippen molar-refractivity contribution in [1.29, 1.82) is 0 Å². The van der Waals surface area contributed by atoms with Crippen LogP contribution in [0.25, 0.3) is 0 Å². The van der Waals surface area contributed by atoms with Crippen molar-refractivity contribution in [3.05, 3.63) is 29.3 Å². The SMILES string of the molecule is CN1c2cc(C(=O)NC3CCCCCC3)ccc2C(=O)N2CCCC21. The van der Waals surface area contributed by atoms with Gasteiger partial charge in [0.15, 0.2) is 0 Å². The molecule has 3 aliphatic rings. The lowest BCUT2D eigenvalue weighted by atomic mass is 10.0. The minimum atomic E-state index is -0.00981. The van der Waals surface area contributed by atoms with Crippen LogP contribution in [0.4, 0.5) is 5.69 Å². The van der Waals surface area contributed by atoms with Gasteiger partial charge < -0.3 is 15.1 Å². The lowest BCUT2D eigenvalue weighted by Crippen LogP contribution is -2.50. The molecule has 1 unspecified atom stereocenters. The van der Waals surface area contributed by atoms with Crippen LogP contribution >= 0.6 is 0 Å². The highest BCUT2D eigenvalue weighted by atomic mass is 16.2. The van der Waals surface area contributed by atoms with Crippen LogP contribution in [-0.2, 0) is 0 Å². The molecule has 25 heavy (non-hydrogen) atoms. The molecule has 0 radical (unpaired) electrons. The maximum Gasteiger partial charge on any atom is 0.257 e. The van der Waals surface area contributed by atoms with Crippen LogP contribution < -0.4 is 10.2 Å². The molecule has 1 aliphatic carbocycles. The second-order valence-electron chi connectivity index (χ2n) is 7.63. The van der Waals surface area contributed by atoms with Gasteiger partial charge in [-0.25, -0.2) is 0 Å². The second kappa shape index (κ2) is 6.70. The van der Waals surface area contributed by atoms with E-state index >= 15 is 0 Å². The van der Waals surface area contributed by atoms with Crippen LogP contribution in [0.5, 0.6) is 0 Å². The molecule has 1 atom stereocenters. The number of nitrogens with one attached hydrogen (secondary N) is 1. The maximum absolute atomic E-state index is 12.7. The van der Waals surface area contributed by atoms with E-state index in [0.717, 1.165) is 37.9 Å². The predicted molar refractivity (Wildman–Crippen MR) is 97.9 cm³/mol. The zero-order chi connectivity index (χ0) is 17.4. The molecule has 0 bridgehead atoms. The van der Waals surface area contributed by atoms with Crippen molar-refractivity contribution in [2.24, 2.45) is 0 Å². The van der Waals surface area contributed by atoms with Gasteiger partial charge in [-0.15, -0.1) is 0 Å². The number of anilines is 1. The summed E-state index contributed by atoms with van der Waals surface area (Å²) < 4.78 is 0. The topological polar surface area (TPSA) is 52.7 Å². The van der Waals surface area contributed by atoms with E-state index in [1.54, 1.807) is 6.07 Å². The first-order valence-electron chi connectivity index (χ1n) is 9.64. The number of nitrogens with zero attached hydrogens (tertiary/aromatic N) is 2. The highest BCUT2D eigenvalue weighted by Gasteiger charge is 2.38. The van der Waals surface area contributed by atoms with Crippen molar-refractivity contribution < 1.29 is 9.59 Å². The first-order valence-corrected chi connectivity index (χ1v) is 9.64. The van der Waals surface area contributed by atoms with Crippen molar-refractivity contribution in [1.82, 2.24) is 10.2 Å². The van der Waals surface area contributed by atoms with Crippen LogP contribution in [0, 0.1) is 0 Å². The van der Waals surface area contributed by atoms with E-state index in [0.29, 0.717) is 11.1 Å². The first-order chi connectivity index (χ1) is 12.1. The third-order valence-electron chi connectivity index (χ3n) is 5.99. The first kappa shape index (κ1) is 16.4. The number of carbonyl (C=O) groups excluding carboxylic acids is 2. The monoisotopic (exact) mass is 341 g/mol. The molecule has 2 fully saturated rings. The van der Waals surface area contributed by atoms with E-state index < -0.39 is 0 Å². The molecule has 0 spiro atoms. The maximum atomic E-state index is 12.7. The summed E-state index contributed by atoms with van der Waals surface area (Å²) in [5.74, 6) is 0.0933. The van der Waals surface area contributed by atoms with Crippen LogP contribution in [0.15, 0.2) is 18.2 Å². The van der Waals surface area contributed by atoms with Crippen LogP contribution in [0.2, 0.25) is 0 Å². The number of amides is 2. The standard InChI is InChI=1S/C20H27N3O2/c1-22-17-13-14(19(24)21-15-7-4-2-3-5-8-15)10-11-16(17)20(25)23-12-6-9-18(22)23/h10-11,13,15,18H,2-9,12H2,1H3,(H,21,24). The van der Waals surface area contributed by atoms with Gasteiger partial charge in [-0.2, -0.15) is 0 Å². The largest absolute Gasteiger partial charge is 0.354 e. The molecular formula is C20H27N3O2. The predicted octanol–water partition coefficient (Wildman–Crippen LogP) is 3.15. The van der Waals surface area contributed by atoms with Crippen molar-refractivity contribution >= 4 is 17.5 Å². The summed E-state index contributed by atoms with van der Waals surface area (Å²) in [6, 6.07) is 5.81. The quantitative estimate of drug-likeness (QED) is 0.841. The summed E-state index contributed by atoms with van der Waals surface area (Å²) in [7, 11) is 2.03. The Labute approximate surface area is 149 Å². The molecule has 5 heteroatoms. The Morgan fingerprint density at radius 3 is 2.60 bits per heavy atom. The number of hydrogen-bond donors (Lipinski definition) is 1. The van der Waals surface area contributed by atoms with Gasteiger partial charge >= 0.3 is 0 Å². The van der Waals surface area contributed by atoms with Crippen molar-refractivity contribution in [2.45, 2.75) is 63.6 Å². The number of carbonyl (C=O) groups is 2. The van der Waals surface area contributed by atoms with Gasteiger partial charge in [0.2, 0.25) is 0 Å². The third-order valence-corrected chi connectivity index (χ3v) is 5.99. The number of fused-ring (bicyclic) bond motifs is 2. The molecule has 2 heterocycles. The summed E-state index contributed by atoms with van der Waals surface area (Å²) in [6.45, 7) is 0.831. The van der Waals surface area contributed by atoms with Crippen molar-refractivity contribution in [2.75, 3.05) is 18.5 Å². The van der Waals surface area contributed by atoms with Gasteiger partial charge in [-0.3, -0.25) is 9.59 Å². The Kier molecular flexibility index (Phi) is 4.40. The third kappa shape index (κ3) is 3.00. The molecule has 1 saturated heterocycles. The molecule has 5 nitrogen and oxygen atoms in total. The molecule has 0 aromatic heterocycles. The van der Waals surface area contributed by atoms with Gasteiger partial charge in [0.25, 0.3) is 11.8 Å². The van der Waals surface area contributed by atoms with Gasteiger partial charge in [-0.1, -0.05) is 25.7 Å². The number of hydrogen-bond acceptors (Lipinski definition) is 3. The van der Waals surface area contributed by atoms with Gasteiger partial charge in [0.05, 0.1) is 11.3 Å². The zero-order valence-electron chi connectivity index (χ0n) is 15.0. The zero-order valence-corrected chi connectivity index (χ0v) is 15.0. The van der Waals surface area contributed by atoms with E-state index in [1.807, 2.05) is 24.1 Å². The van der Waals surface area contributed by atoms with E-state index in [2.05, 4.69) is 10.2 Å². The van der Waals surface area contributed by atoms with Gasteiger partial charge in [-0.05, 0) is 43.9 Å².